The molecule has 2 aromatic rings. The molecule has 0 aliphatic rings. The Morgan fingerprint density at radius 2 is 2.33 bits per heavy atom. The number of aromatic nitrogens is 4. The Kier molecular flexibility index (Phi) is 3.76. The number of aromatic amines is 1. The van der Waals surface area contributed by atoms with Gasteiger partial charge < -0.3 is 10.3 Å². The summed E-state index contributed by atoms with van der Waals surface area (Å²) in [4.78, 5) is 18.4. The minimum atomic E-state index is -0.120. The fourth-order valence-corrected chi connectivity index (χ4v) is 1.73. The Balaban J connectivity index is 1.96. The highest BCUT2D eigenvalue weighted by molar-refractivity contribution is 5.33. The third-order valence-corrected chi connectivity index (χ3v) is 2.74. The fourth-order valence-electron chi connectivity index (χ4n) is 1.73. The highest BCUT2D eigenvalue weighted by Gasteiger charge is 2.01. The molecule has 6 nitrogen and oxygen atoms in total. The van der Waals surface area contributed by atoms with Crippen LogP contribution in [0.15, 0.2) is 23.1 Å². The van der Waals surface area contributed by atoms with Gasteiger partial charge in [0.2, 0.25) is 0 Å². The second kappa shape index (κ2) is 5.48. The number of nitrogens with one attached hydrogen (secondary N) is 2. The van der Waals surface area contributed by atoms with E-state index in [0.717, 1.165) is 18.7 Å². The smallest absolute Gasteiger partial charge is 0.252 e. The zero-order valence-corrected chi connectivity index (χ0v) is 10.6. The molecule has 2 heterocycles. The third kappa shape index (κ3) is 2.97. The molecule has 0 fully saturated rings. The van der Waals surface area contributed by atoms with Crippen LogP contribution in [-0.4, -0.2) is 26.3 Å². The number of H-pyrrole nitrogens is 1. The van der Waals surface area contributed by atoms with Crippen molar-refractivity contribution in [2.75, 3.05) is 11.9 Å². The lowest BCUT2D eigenvalue weighted by atomic mass is 10.3. The second-order valence-corrected chi connectivity index (χ2v) is 4.05. The van der Waals surface area contributed by atoms with Crippen LogP contribution < -0.4 is 10.9 Å². The Hall–Kier alpha value is -2.11. The summed E-state index contributed by atoms with van der Waals surface area (Å²) in [6, 6.07) is 3.45. The summed E-state index contributed by atoms with van der Waals surface area (Å²) in [5.74, 6) is 1.32. The lowest BCUT2D eigenvalue weighted by molar-refractivity contribution is 0.710. The van der Waals surface area contributed by atoms with Crippen LogP contribution in [0, 0.1) is 0 Å². The summed E-state index contributed by atoms with van der Waals surface area (Å²) in [5.41, 5.74) is 1.02. The number of hydrogen-bond acceptors (Lipinski definition) is 4. The predicted octanol–water partition coefficient (Wildman–Crippen LogP) is 0.720. The number of nitrogens with zero attached hydrogens (tertiary/aromatic N) is 3. The van der Waals surface area contributed by atoms with Crippen molar-refractivity contribution in [3.05, 3.63) is 40.2 Å². The summed E-state index contributed by atoms with van der Waals surface area (Å²) in [6.45, 7) is 2.68. The van der Waals surface area contributed by atoms with E-state index in [9.17, 15) is 4.79 Å². The molecule has 0 aliphatic heterocycles. The zero-order chi connectivity index (χ0) is 13.0. The van der Waals surface area contributed by atoms with Crippen LogP contribution >= 0.6 is 0 Å². The van der Waals surface area contributed by atoms with E-state index in [0.29, 0.717) is 18.1 Å². The first-order valence-corrected chi connectivity index (χ1v) is 6.00. The highest BCUT2D eigenvalue weighted by Crippen LogP contribution is 2.01. The van der Waals surface area contributed by atoms with E-state index >= 15 is 0 Å². The number of rotatable bonds is 5. The first-order chi connectivity index (χ1) is 8.69. The average Bonchev–Trinajstić information content (AvgIpc) is 2.74. The van der Waals surface area contributed by atoms with Crippen molar-refractivity contribution in [1.29, 1.82) is 0 Å². The van der Waals surface area contributed by atoms with E-state index < -0.39 is 0 Å². The maximum absolute atomic E-state index is 11.4. The minimum Gasteiger partial charge on any atom is -0.369 e. The summed E-state index contributed by atoms with van der Waals surface area (Å²) in [7, 11) is 1.91. The molecule has 0 saturated heterocycles. The molecular weight excluding hydrogens is 230 g/mol. The molecule has 18 heavy (non-hydrogen) atoms. The first-order valence-electron chi connectivity index (χ1n) is 6.00. The van der Waals surface area contributed by atoms with Crippen molar-refractivity contribution in [3.8, 4) is 0 Å². The molecule has 0 spiro atoms. The monoisotopic (exact) mass is 247 g/mol. The minimum absolute atomic E-state index is 0.120. The van der Waals surface area contributed by atoms with Gasteiger partial charge >= 0.3 is 0 Å². The topological polar surface area (TPSA) is 75.6 Å². The molecule has 0 amide bonds. The van der Waals surface area contributed by atoms with Gasteiger partial charge in [-0.15, -0.1) is 0 Å². The maximum atomic E-state index is 11.4. The Labute approximate surface area is 105 Å². The molecule has 2 aromatic heterocycles. The lowest BCUT2D eigenvalue weighted by Gasteiger charge is -2.06. The van der Waals surface area contributed by atoms with Crippen LogP contribution in [-0.2, 0) is 19.9 Å². The molecule has 0 atom stereocenters. The van der Waals surface area contributed by atoms with Gasteiger partial charge in [0.15, 0.2) is 0 Å². The molecule has 0 aliphatic carbocycles. The number of hydrogen-bond donors (Lipinski definition) is 2. The average molecular weight is 247 g/mol. The van der Waals surface area contributed by atoms with Crippen molar-refractivity contribution < 1.29 is 0 Å². The van der Waals surface area contributed by atoms with Crippen molar-refractivity contribution in [2.45, 2.75) is 19.8 Å². The molecule has 6 heteroatoms. The van der Waals surface area contributed by atoms with Gasteiger partial charge in [-0.1, -0.05) is 6.92 Å². The molecule has 0 unspecified atom stereocenters. The van der Waals surface area contributed by atoms with E-state index in [1.807, 2.05) is 24.7 Å². The van der Waals surface area contributed by atoms with Crippen LogP contribution in [0.3, 0.4) is 0 Å². The van der Waals surface area contributed by atoms with E-state index in [4.69, 9.17) is 0 Å². The summed E-state index contributed by atoms with van der Waals surface area (Å²) >= 11 is 0. The molecule has 0 bridgehead atoms. The van der Waals surface area contributed by atoms with Crippen LogP contribution in [0.2, 0.25) is 0 Å². The highest BCUT2D eigenvalue weighted by atomic mass is 16.1. The van der Waals surface area contributed by atoms with Crippen molar-refractivity contribution >= 4 is 5.82 Å². The molecule has 2 N–H and O–H groups in total. The Morgan fingerprint density at radius 1 is 1.50 bits per heavy atom. The zero-order valence-electron chi connectivity index (χ0n) is 10.6. The van der Waals surface area contributed by atoms with Gasteiger partial charge in [0, 0.05) is 44.4 Å². The normalized spacial score (nSPS) is 10.6. The van der Waals surface area contributed by atoms with Crippen molar-refractivity contribution in [2.24, 2.45) is 7.05 Å². The summed E-state index contributed by atoms with van der Waals surface area (Å²) < 4.78 is 1.84. The maximum Gasteiger partial charge on any atom is 0.252 e. The molecule has 96 valence electrons. The van der Waals surface area contributed by atoms with Crippen molar-refractivity contribution in [1.82, 2.24) is 19.7 Å². The van der Waals surface area contributed by atoms with Crippen LogP contribution in [0.5, 0.6) is 0 Å². The van der Waals surface area contributed by atoms with Gasteiger partial charge in [-0.3, -0.25) is 9.48 Å². The SMILES string of the molecule is CCc1nc(NCCc2ccnn2C)cc(=O)[nH]1. The van der Waals surface area contributed by atoms with Gasteiger partial charge in [0.25, 0.3) is 5.56 Å². The third-order valence-electron chi connectivity index (χ3n) is 2.74. The molecule has 0 radical (unpaired) electrons. The predicted molar refractivity (Wildman–Crippen MR) is 69.6 cm³/mol. The standard InChI is InChI=1S/C12H17N5O/c1-3-10-15-11(8-12(18)16-10)13-6-4-9-5-7-14-17(9)2/h5,7-8H,3-4,6H2,1-2H3,(H2,13,15,16,18). The second-order valence-electron chi connectivity index (χ2n) is 4.05. The molecular formula is C12H17N5O. The summed E-state index contributed by atoms with van der Waals surface area (Å²) in [5, 5.41) is 7.26. The van der Waals surface area contributed by atoms with E-state index in [1.165, 1.54) is 6.07 Å². The van der Waals surface area contributed by atoms with Gasteiger partial charge in [-0.2, -0.15) is 5.10 Å². The Morgan fingerprint density at radius 3 is 3.00 bits per heavy atom. The van der Waals surface area contributed by atoms with E-state index in [1.54, 1.807) is 6.20 Å². The lowest BCUT2D eigenvalue weighted by Crippen LogP contribution is -2.15. The van der Waals surface area contributed by atoms with E-state index in [2.05, 4.69) is 20.4 Å². The van der Waals surface area contributed by atoms with Crippen molar-refractivity contribution in [3.63, 3.8) is 0 Å². The Bertz CT molecular complexity index is 572. The number of aryl methyl sites for hydroxylation is 2. The van der Waals surface area contributed by atoms with E-state index in [-0.39, 0.29) is 5.56 Å². The molecule has 0 saturated carbocycles. The van der Waals surface area contributed by atoms with Gasteiger partial charge in [0.05, 0.1) is 0 Å². The first kappa shape index (κ1) is 12.3. The van der Waals surface area contributed by atoms with Gasteiger partial charge in [-0.05, 0) is 6.07 Å². The number of anilines is 1. The fraction of sp³-hybridized carbons (Fsp3) is 0.417. The van der Waals surface area contributed by atoms with Crippen LogP contribution in [0.25, 0.3) is 0 Å². The molecule has 0 aromatic carbocycles. The quantitative estimate of drug-likeness (QED) is 0.816. The van der Waals surface area contributed by atoms with Gasteiger partial charge in [0.1, 0.15) is 11.6 Å². The largest absolute Gasteiger partial charge is 0.369 e. The molecule has 2 rings (SSSR count). The van der Waals surface area contributed by atoms with Gasteiger partial charge in [-0.25, -0.2) is 4.98 Å². The van der Waals surface area contributed by atoms with Crippen LogP contribution in [0.1, 0.15) is 18.4 Å². The van der Waals surface area contributed by atoms with Crippen LogP contribution in [0.4, 0.5) is 5.82 Å². The summed E-state index contributed by atoms with van der Waals surface area (Å²) in [6.07, 6.45) is 3.33.